The van der Waals surface area contributed by atoms with E-state index in [9.17, 15) is 10.1 Å². The van der Waals surface area contributed by atoms with Crippen LogP contribution in [0.1, 0.15) is 24.0 Å². The Balaban J connectivity index is 1.67. The first-order valence-electron chi connectivity index (χ1n) is 9.13. The number of nitriles is 1. The molecular weight excluding hydrogens is 420 g/mol. The van der Waals surface area contributed by atoms with E-state index in [4.69, 9.17) is 9.47 Å². The maximum atomic E-state index is 12.4. The lowest BCUT2D eigenvalue weighted by atomic mass is 10.1. The highest BCUT2D eigenvalue weighted by atomic mass is 79.9. The molecular formula is C22H21BrN2O3. The van der Waals surface area contributed by atoms with Crippen LogP contribution in [0.15, 0.2) is 58.6 Å². The molecule has 28 heavy (non-hydrogen) atoms. The molecule has 1 aliphatic heterocycles. The fraction of sp³-hybridized carbons (Fsp3) is 0.273. The number of para-hydroxylation sites is 1. The quantitative estimate of drug-likeness (QED) is 0.516. The van der Waals surface area contributed by atoms with Crippen molar-refractivity contribution in [3.8, 4) is 11.8 Å². The number of benzene rings is 2. The molecule has 0 bridgehead atoms. The topological polar surface area (TPSA) is 71.3 Å². The Morgan fingerprint density at radius 1 is 1.29 bits per heavy atom. The van der Waals surface area contributed by atoms with Crippen LogP contribution in [-0.2, 0) is 16.1 Å². The number of hydrogen-bond acceptors (Lipinski definition) is 4. The first-order chi connectivity index (χ1) is 13.7. The second kappa shape index (κ2) is 10.1. The highest BCUT2D eigenvalue weighted by Gasteiger charge is 2.18. The van der Waals surface area contributed by atoms with Crippen LogP contribution in [0, 0.1) is 11.3 Å². The summed E-state index contributed by atoms with van der Waals surface area (Å²) in [4.78, 5) is 12.4. The second-order valence-corrected chi connectivity index (χ2v) is 7.38. The van der Waals surface area contributed by atoms with Crippen LogP contribution in [-0.4, -0.2) is 25.2 Å². The number of hydrogen-bond donors (Lipinski definition) is 1. The van der Waals surface area contributed by atoms with Crippen molar-refractivity contribution in [2.45, 2.75) is 25.6 Å². The predicted molar refractivity (Wildman–Crippen MR) is 110 cm³/mol. The van der Waals surface area contributed by atoms with Crippen LogP contribution < -0.4 is 10.1 Å². The van der Waals surface area contributed by atoms with Gasteiger partial charge in [-0.05, 0) is 42.7 Å². The summed E-state index contributed by atoms with van der Waals surface area (Å²) in [5.74, 6) is 0.214. The monoisotopic (exact) mass is 440 g/mol. The Morgan fingerprint density at radius 3 is 2.79 bits per heavy atom. The Kier molecular flexibility index (Phi) is 7.24. The number of nitrogens with zero attached hydrogens (tertiary/aromatic N) is 1. The summed E-state index contributed by atoms with van der Waals surface area (Å²) in [5, 5.41) is 12.2. The SMILES string of the molecule is N#C/C(=C\c1ccccc1OCc1ccc(Br)cc1)C(=O)NC[C@@H]1CCCO1. The molecule has 1 saturated heterocycles. The van der Waals surface area contributed by atoms with Gasteiger partial charge in [-0.15, -0.1) is 0 Å². The molecule has 0 unspecified atom stereocenters. The van der Waals surface area contributed by atoms with Gasteiger partial charge in [0.2, 0.25) is 0 Å². The van der Waals surface area contributed by atoms with E-state index in [-0.39, 0.29) is 11.7 Å². The van der Waals surface area contributed by atoms with Crippen molar-refractivity contribution in [2.24, 2.45) is 0 Å². The van der Waals surface area contributed by atoms with Gasteiger partial charge in [0.1, 0.15) is 24.0 Å². The van der Waals surface area contributed by atoms with Crippen molar-refractivity contribution >= 4 is 27.9 Å². The van der Waals surface area contributed by atoms with Crippen LogP contribution in [0.5, 0.6) is 5.75 Å². The molecule has 3 rings (SSSR count). The van der Waals surface area contributed by atoms with Gasteiger partial charge in [0.15, 0.2) is 0 Å². The molecule has 1 heterocycles. The summed E-state index contributed by atoms with van der Waals surface area (Å²) < 4.78 is 12.4. The molecule has 0 spiro atoms. The summed E-state index contributed by atoms with van der Waals surface area (Å²) in [7, 11) is 0. The molecule has 1 atom stereocenters. The Labute approximate surface area is 173 Å². The van der Waals surface area contributed by atoms with E-state index in [0.29, 0.717) is 24.5 Å². The molecule has 0 aromatic heterocycles. The van der Waals surface area contributed by atoms with E-state index in [0.717, 1.165) is 29.5 Å². The van der Waals surface area contributed by atoms with E-state index in [1.807, 2.05) is 54.6 Å². The highest BCUT2D eigenvalue weighted by Crippen LogP contribution is 2.23. The summed E-state index contributed by atoms with van der Waals surface area (Å²) >= 11 is 3.41. The van der Waals surface area contributed by atoms with Crippen molar-refractivity contribution in [2.75, 3.05) is 13.2 Å². The normalized spacial score (nSPS) is 16.4. The largest absolute Gasteiger partial charge is 0.488 e. The summed E-state index contributed by atoms with van der Waals surface area (Å²) in [6, 6.07) is 17.2. The fourth-order valence-electron chi connectivity index (χ4n) is 2.88. The Bertz CT molecular complexity index is 881. The van der Waals surface area contributed by atoms with Gasteiger partial charge >= 0.3 is 0 Å². The number of rotatable bonds is 7. The minimum Gasteiger partial charge on any atom is -0.488 e. The van der Waals surface area contributed by atoms with Crippen LogP contribution >= 0.6 is 15.9 Å². The molecule has 0 radical (unpaired) electrons. The van der Waals surface area contributed by atoms with Crippen molar-refractivity contribution in [3.05, 3.63) is 69.7 Å². The lowest BCUT2D eigenvalue weighted by Crippen LogP contribution is -2.32. The van der Waals surface area contributed by atoms with E-state index in [2.05, 4.69) is 21.2 Å². The zero-order chi connectivity index (χ0) is 19.8. The minimum absolute atomic E-state index is 0.0328. The number of carbonyl (C=O) groups is 1. The Morgan fingerprint density at radius 2 is 2.07 bits per heavy atom. The summed E-state index contributed by atoms with van der Waals surface area (Å²) in [6.07, 6.45) is 3.52. The zero-order valence-corrected chi connectivity index (χ0v) is 16.9. The summed E-state index contributed by atoms with van der Waals surface area (Å²) in [6.45, 7) is 1.54. The first kappa shape index (κ1) is 20.1. The maximum Gasteiger partial charge on any atom is 0.262 e. The Hall–Kier alpha value is -2.62. The number of halogens is 1. The molecule has 1 amide bonds. The molecule has 1 fully saturated rings. The lowest BCUT2D eigenvalue weighted by molar-refractivity contribution is -0.117. The van der Waals surface area contributed by atoms with E-state index < -0.39 is 5.91 Å². The van der Waals surface area contributed by atoms with Crippen molar-refractivity contribution in [3.63, 3.8) is 0 Å². The number of ether oxygens (including phenoxy) is 2. The van der Waals surface area contributed by atoms with Gasteiger partial charge in [0.05, 0.1) is 6.10 Å². The average molecular weight is 441 g/mol. The zero-order valence-electron chi connectivity index (χ0n) is 15.4. The second-order valence-electron chi connectivity index (χ2n) is 6.47. The van der Waals surface area contributed by atoms with Crippen LogP contribution in [0.4, 0.5) is 0 Å². The van der Waals surface area contributed by atoms with Crippen molar-refractivity contribution in [1.29, 1.82) is 5.26 Å². The number of nitrogens with one attached hydrogen (secondary N) is 1. The van der Waals surface area contributed by atoms with Crippen molar-refractivity contribution in [1.82, 2.24) is 5.32 Å². The molecule has 0 saturated carbocycles. The van der Waals surface area contributed by atoms with Crippen LogP contribution in [0.3, 0.4) is 0 Å². The van der Waals surface area contributed by atoms with Crippen LogP contribution in [0.2, 0.25) is 0 Å². The lowest BCUT2D eigenvalue weighted by Gasteiger charge is -2.11. The third kappa shape index (κ3) is 5.69. The van der Waals surface area contributed by atoms with Gasteiger partial charge in [-0.3, -0.25) is 4.79 Å². The molecule has 1 aliphatic rings. The van der Waals surface area contributed by atoms with Gasteiger partial charge < -0.3 is 14.8 Å². The first-order valence-corrected chi connectivity index (χ1v) is 9.93. The predicted octanol–water partition coefficient (Wildman–Crippen LogP) is 4.23. The summed E-state index contributed by atoms with van der Waals surface area (Å²) in [5.41, 5.74) is 1.75. The van der Waals surface area contributed by atoms with E-state index in [1.54, 1.807) is 6.08 Å². The molecule has 2 aromatic rings. The minimum atomic E-state index is -0.402. The highest BCUT2D eigenvalue weighted by molar-refractivity contribution is 9.10. The number of carbonyl (C=O) groups excluding carboxylic acids is 1. The molecule has 1 N–H and O–H groups in total. The maximum absolute atomic E-state index is 12.4. The van der Waals surface area contributed by atoms with Gasteiger partial charge in [0.25, 0.3) is 5.91 Å². The van der Waals surface area contributed by atoms with E-state index in [1.165, 1.54) is 0 Å². The average Bonchev–Trinajstić information content (AvgIpc) is 3.24. The van der Waals surface area contributed by atoms with E-state index >= 15 is 0 Å². The van der Waals surface area contributed by atoms with Gasteiger partial charge in [0, 0.05) is 23.2 Å². The molecule has 2 aromatic carbocycles. The third-order valence-electron chi connectivity index (χ3n) is 4.41. The molecule has 144 valence electrons. The van der Waals surface area contributed by atoms with Crippen LogP contribution in [0.25, 0.3) is 6.08 Å². The molecule has 6 heteroatoms. The van der Waals surface area contributed by atoms with Gasteiger partial charge in [-0.1, -0.05) is 46.3 Å². The standard InChI is InChI=1S/C22H21BrN2O3/c23-19-9-7-16(8-10-19)15-28-21-6-2-1-4-17(21)12-18(13-24)22(26)25-14-20-5-3-11-27-20/h1-2,4,6-10,12,20H,3,5,11,14-15H2,(H,25,26)/b18-12+/t20-/m0/s1. The smallest absolute Gasteiger partial charge is 0.262 e. The van der Waals surface area contributed by atoms with Gasteiger partial charge in [-0.25, -0.2) is 0 Å². The molecule has 0 aliphatic carbocycles. The molecule has 5 nitrogen and oxygen atoms in total. The van der Waals surface area contributed by atoms with Crippen molar-refractivity contribution < 1.29 is 14.3 Å². The number of amides is 1. The third-order valence-corrected chi connectivity index (χ3v) is 4.93. The van der Waals surface area contributed by atoms with Gasteiger partial charge in [-0.2, -0.15) is 5.26 Å². The fourth-order valence-corrected chi connectivity index (χ4v) is 3.15.